The summed E-state index contributed by atoms with van der Waals surface area (Å²) in [6, 6.07) is 7.00. The predicted molar refractivity (Wildman–Crippen MR) is 121 cm³/mol. The lowest BCUT2D eigenvalue weighted by Gasteiger charge is -2.36. The van der Waals surface area contributed by atoms with Crippen LogP contribution in [0.25, 0.3) is 0 Å². The maximum atomic E-state index is 13.9. The van der Waals surface area contributed by atoms with Crippen LogP contribution in [0, 0.1) is 5.82 Å². The molecule has 1 aliphatic heterocycles. The van der Waals surface area contributed by atoms with Gasteiger partial charge in [0.25, 0.3) is 0 Å². The van der Waals surface area contributed by atoms with Gasteiger partial charge in [-0.1, -0.05) is 12.1 Å². The molecule has 1 saturated heterocycles. The standard InChI is InChI=1S/C19H32FN5O.HI/c1-2-26-16-6-10-23-19(21)22-9-5-11-24-12-14-25(15-13-24)18-8-4-3-7-17(18)20;/h3-4,7-8H,2,5-6,9-16H2,1H3,(H3,21,22,23);1H. The maximum absolute atomic E-state index is 13.9. The SMILES string of the molecule is CCOCCCN=C(N)NCCCN1CCN(c2ccccc2F)CC1.I. The van der Waals surface area contributed by atoms with Gasteiger partial charge in [-0.15, -0.1) is 24.0 Å². The van der Waals surface area contributed by atoms with E-state index in [4.69, 9.17) is 10.5 Å². The molecular formula is C19H33FIN5O. The van der Waals surface area contributed by atoms with Gasteiger partial charge in [-0.25, -0.2) is 4.39 Å². The highest BCUT2D eigenvalue weighted by Crippen LogP contribution is 2.20. The first-order valence-corrected chi connectivity index (χ1v) is 9.54. The number of piperazine rings is 1. The average molecular weight is 493 g/mol. The molecule has 1 fully saturated rings. The Morgan fingerprint density at radius 1 is 1.22 bits per heavy atom. The molecule has 0 aromatic heterocycles. The van der Waals surface area contributed by atoms with E-state index in [2.05, 4.69) is 20.1 Å². The summed E-state index contributed by atoms with van der Waals surface area (Å²) in [6.45, 7) is 9.60. The number of nitrogens with two attached hydrogens (primary N) is 1. The number of hydrogen-bond acceptors (Lipinski definition) is 4. The lowest BCUT2D eigenvalue weighted by molar-refractivity contribution is 0.146. The van der Waals surface area contributed by atoms with Crippen molar-refractivity contribution in [2.45, 2.75) is 19.8 Å². The number of hydrogen-bond donors (Lipinski definition) is 2. The van der Waals surface area contributed by atoms with Crippen molar-refractivity contribution in [3.63, 3.8) is 0 Å². The molecule has 3 N–H and O–H groups in total. The number of para-hydroxylation sites is 1. The number of benzene rings is 1. The predicted octanol–water partition coefficient (Wildman–Crippen LogP) is 2.29. The maximum Gasteiger partial charge on any atom is 0.188 e. The largest absolute Gasteiger partial charge is 0.382 e. The third-order valence-corrected chi connectivity index (χ3v) is 4.46. The van der Waals surface area contributed by atoms with Gasteiger partial charge in [0.05, 0.1) is 5.69 Å². The van der Waals surface area contributed by atoms with Crippen LogP contribution in [0.15, 0.2) is 29.3 Å². The smallest absolute Gasteiger partial charge is 0.188 e. The second-order valence-corrected chi connectivity index (χ2v) is 6.38. The first-order valence-electron chi connectivity index (χ1n) is 9.54. The highest BCUT2D eigenvalue weighted by atomic mass is 127. The van der Waals surface area contributed by atoms with Crippen LogP contribution in [-0.4, -0.2) is 69.9 Å². The first kappa shape index (κ1) is 23.9. The van der Waals surface area contributed by atoms with Gasteiger partial charge in [-0.3, -0.25) is 9.89 Å². The van der Waals surface area contributed by atoms with Crippen LogP contribution >= 0.6 is 24.0 Å². The van der Waals surface area contributed by atoms with E-state index in [0.717, 1.165) is 65.3 Å². The summed E-state index contributed by atoms with van der Waals surface area (Å²) in [5.74, 6) is 0.368. The van der Waals surface area contributed by atoms with Gasteiger partial charge in [-0.2, -0.15) is 0 Å². The average Bonchev–Trinajstić information content (AvgIpc) is 2.66. The molecule has 0 radical (unpaired) electrons. The van der Waals surface area contributed by atoms with E-state index in [-0.39, 0.29) is 29.8 Å². The molecule has 154 valence electrons. The number of rotatable bonds is 10. The second-order valence-electron chi connectivity index (χ2n) is 6.38. The van der Waals surface area contributed by atoms with Crippen molar-refractivity contribution >= 4 is 35.6 Å². The molecule has 1 heterocycles. The van der Waals surface area contributed by atoms with E-state index in [0.29, 0.717) is 18.2 Å². The second kappa shape index (κ2) is 14.0. The van der Waals surface area contributed by atoms with Crippen molar-refractivity contribution in [2.24, 2.45) is 10.7 Å². The molecule has 6 nitrogen and oxygen atoms in total. The summed E-state index contributed by atoms with van der Waals surface area (Å²) in [7, 11) is 0. The van der Waals surface area contributed by atoms with Gasteiger partial charge in [-0.05, 0) is 38.4 Å². The van der Waals surface area contributed by atoms with Gasteiger partial charge < -0.3 is 20.7 Å². The van der Waals surface area contributed by atoms with Crippen molar-refractivity contribution < 1.29 is 9.13 Å². The fraction of sp³-hybridized carbons (Fsp3) is 0.632. The zero-order valence-corrected chi connectivity index (χ0v) is 18.5. The molecule has 1 aromatic carbocycles. The van der Waals surface area contributed by atoms with Gasteiger partial charge in [0.2, 0.25) is 0 Å². The first-order chi connectivity index (χ1) is 12.7. The minimum atomic E-state index is -0.138. The monoisotopic (exact) mass is 493 g/mol. The number of aliphatic imine (C=N–C) groups is 1. The van der Waals surface area contributed by atoms with E-state index >= 15 is 0 Å². The number of nitrogens with zero attached hydrogens (tertiary/aromatic N) is 3. The molecular weight excluding hydrogens is 460 g/mol. The Hall–Kier alpha value is -1.13. The van der Waals surface area contributed by atoms with Crippen LogP contribution in [-0.2, 0) is 4.74 Å². The fourth-order valence-electron chi connectivity index (χ4n) is 3.01. The zero-order chi connectivity index (χ0) is 18.6. The Bertz CT molecular complexity index is 553. The number of nitrogens with one attached hydrogen (secondary N) is 1. The van der Waals surface area contributed by atoms with Crippen molar-refractivity contribution in [1.82, 2.24) is 10.2 Å². The van der Waals surface area contributed by atoms with Crippen LogP contribution in [0.1, 0.15) is 19.8 Å². The Kier molecular flexibility index (Phi) is 12.4. The van der Waals surface area contributed by atoms with Crippen molar-refractivity contribution in [1.29, 1.82) is 0 Å². The summed E-state index contributed by atoms with van der Waals surface area (Å²) in [4.78, 5) is 8.81. The van der Waals surface area contributed by atoms with Gasteiger partial charge in [0.1, 0.15) is 5.82 Å². The molecule has 0 saturated carbocycles. The number of anilines is 1. The quantitative estimate of drug-likeness (QED) is 0.227. The molecule has 0 aliphatic carbocycles. The minimum absolute atomic E-state index is 0. The summed E-state index contributed by atoms with van der Waals surface area (Å²) in [5, 5.41) is 3.16. The molecule has 1 aromatic rings. The summed E-state index contributed by atoms with van der Waals surface area (Å²) >= 11 is 0. The van der Waals surface area contributed by atoms with Gasteiger partial charge in [0.15, 0.2) is 5.96 Å². The third-order valence-electron chi connectivity index (χ3n) is 4.46. The fourth-order valence-corrected chi connectivity index (χ4v) is 3.01. The molecule has 0 atom stereocenters. The van der Waals surface area contributed by atoms with Crippen molar-refractivity contribution in [2.75, 3.05) is 63.9 Å². The molecule has 2 rings (SSSR count). The van der Waals surface area contributed by atoms with E-state index in [9.17, 15) is 4.39 Å². The molecule has 1 aliphatic rings. The zero-order valence-electron chi connectivity index (χ0n) is 16.2. The Morgan fingerprint density at radius 3 is 2.67 bits per heavy atom. The van der Waals surface area contributed by atoms with Crippen molar-refractivity contribution in [3.8, 4) is 0 Å². The Balaban J connectivity index is 0.00000364. The topological polar surface area (TPSA) is 66.1 Å². The van der Waals surface area contributed by atoms with Crippen LogP contribution in [0.2, 0.25) is 0 Å². The molecule has 27 heavy (non-hydrogen) atoms. The lowest BCUT2D eigenvalue weighted by atomic mass is 10.2. The van der Waals surface area contributed by atoms with E-state index in [1.165, 1.54) is 6.07 Å². The van der Waals surface area contributed by atoms with E-state index in [1.807, 2.05) is 19.1 Å². The lowest BCUT2D eigenvalue weighted by Crippen LogP contribution is -2.47. The number of halogens is 2. The molecule has 0 bridgehead atoms. The van der Waals surface area contributed by atoms with Crippen LogP contribution in [0.3, 0.4) is 0 Å². The Morgan fingerprint density at radius 2 is 1.96 bits per heavy atom. The summed E-state index contributed by atoms with van der Waals surface area (Å²) < 4.78 is 19.1. The molecule has 0 spiro atoms. The molecule has 8 heteroatoms. The van der Waals surface area contributed by atoms with Crippen LogP contribution in [0.5, 0.6) is 0 Å². The Labute approximate surface area is 179 Å². The highest BCUT2D eigenvalue weighted by Gasteiger charge is 2.18. The normalized spacial score (nSPS) is 15.5. The number of ether oxygens (including phenoxy) is 1. The van der Waals surface area contributed by atoms with E-state index < -0.39 is 0 Å². The minimum Gasteiger partial charge on any atom is -0.382 e. The van der Waals surface area contributed by atoms with Gasteiger partial charge in [0, 0.05) is 52.5 Å². The summed E-state index contributed by atoms with van der Waals surface area (Å²) in [5.41, 5.74) is 6.56. The van der Waals surface area contributed by atoms with Crippen molar-refractivity contribution in [3.05, 3.63) is 30.1 Å². The van der Waals surface area contributed by atoms with E-state index in [1.54, 1.807) is 6.07 Å². The highest BCUT2D eigenvalue weighted by molar-refractivity contribution is 14.0. The molecule has 0 amide bonds. The van der Waals surface area contributed by atoms with Gasteiger partial charge >= 0.3 is 0 Å². The van der Waals surface area contributed by atoms with Crippen LogP contribution in [0.4, 0.5) is 10.1 Å². The molecule has 0 unspecified atom stereocenters. The number of guanidine groups is 1. The van der Waals surface area contributed by atoms with Crippen LogP contribution < -0.4 is 16.0 Å². The third kappa shape index (κ3) is 9.07. The summed E-state index contributed by atoms with van der Waals surface area (Å²) in [6.07, 6.45) is 1.90.